The number of pyridine rings is 1. The van der Waals surface area contributed by atoms with Crippen LogP contribution < -0.4 is 0 Å². The second kappa shape index (κ2) is 5.93. The van der Waals surface area contributed by atoms with Crippen molar-refractivity contribution in [3.8, 4) is 22.4 Å². The first-order chi connectivity index (χ1) is 11.0. The van der Waals surface area contributed by atoms with Gasteiger partial charge in [-0.3, -0.25) is 4.98 Å². The van der Waals surface area contributed by atoms with E-state index in [1.165, 1.54) is 12.1 Å². The van der Waals surface area contributed by atoms with E-state index in [2.05, 4.69) is 4.98 Å². The molecule has 3 rings (SSSR count). The molecule has 23 heavy (non-hydrogen) atoms. The molecule has 0 aliphatic carbocycles. The molecule has 1 heterocycles. The van der Waals surface area contributed by atoms with Gasteiger partial charge in [-0.15, -0.1) is 0 Å². The Kier molecular flexibility index (Phi) is 3.96. The Labute approximate surface area is 134 Å². The number of hydrogen-bond acceptors (Lipinski definition) is 3. The molecule has 0 spiro atoms. The van der Waals surface area contributed by atoms with Gasteiger partial charge in [0.2, 0.25) is 0 Å². The minimum absolute atomic E-state index is 0.307. The number of sulfone groups is 1. The molecule has 1 aromatic heterocycles. The van der Waals surface area contributed by atoms with Gasteiger partial charge in [0.1, 0.15) is 10.7 Å². The molecule has 0 bridgehead atoms. The van der Waals surface area contributed by atoms with Crippen molar-refractivity contribution >= 4 is 9.84 Å². The lowest BCUT2D eigenvalue weighted by atomic mass is 9.99. The molecule has 0 aliphatic rings. The van der Waals surface area contributed by atoms with Gasteiger partial charge in [0.05, 0.1) is 5.69 Å². The summed E-state index contributed by atoms with van der Waals surface area (Å²) in [5.41, 5.74) is 2.97. The molecule has 116 valence electrons. The van der Waals surface area contributed by atoms with Crippen LogP contribution in [0.25, 0.3) is 22.4 Å². The van der Waals surface area contributed by atoms with Crippen molar-refractivity contribution in [2.45, 2.75) is 4.90 Å². The fraction of sp³-hybridized carbons (Fsp3) is 0.0556. The number of nitrogens with zero attached hydrogens (tertiary/aromatic N) is 1. The van der Waals surface area contributed by atoms with Gasteiger partial charge in [0.15, 0.2) is 9.84 Å². The summed E-state index contributed by atoms with van der Waals surface area (Å²) in [6, 6.07) is 17.4. The molecule has 0 amide bonds. The van der Waals surface area contributed by atoms with Crippen molar-refractivity contribution in [3.05, 3.63) is 72.7 Å². The molecule has 0 N–H and O–H groups in total. The van der Waals surface area contributed by atoms with Crippen molar-refractivity contribution in [2.24, 2.45) is 0 Å². The molecule has 0 saturated heterocycles. The van der Waals surface area contributed by atoms with E-state index in [4.69, 9.17) is 0 Å². The third kappa shape index (κ3) is 3.14. The Morgan fingerprint density at radius 2 is 1.65 bits per heavy atom. The van der Waals surface area contributed by atoms with E-state index >= 15 is 0 Å². The minimum Gasteiger partial charge on any atom is -0.256 e. The zero-order valence-electron chi connectivity index (χ0n) is 12.4. The van der Waals surface area contributed by atoms with Crippen LogP contribution in [-0.2, 0) is 9.84 Å². The Hall–Kier alpha value is -2.53. The third-order valence-electron chi connectivity index (χ3n) is 3.50. The van der Waals surface area contributed by atoms with Crippen LogP contribution >= 0.6 is 0 Å². The van der Waals surface area contributed by atoms with E-state index in [0.717, 1.165) is 17.4 Å². The third-order valence-corrected chi connectivity index (χ3v) is 4.63. The summed E-state index contributed by atoms with van der Waals surface area (Å²) in [6.07, 6.45) is 2.62. The van der Waals surface area contributed by atoms with Gasteiger partial charge in [-0.2, -0.15) is 0 Å². The van der Waals surface area contributed by atoms with Crippen molar-refractivity contribution in [1.29, 1.82) is 0 Å². The maximum atomic E-state index is 14.2. The van der Waals surface area contributed by atoms with Gasteiger partial charge in [-0.05, 0) is 23.8 Å². The Bertz CT molecular complexity index is 954. The second-order valence-electron chi connectivity index (χ2n) is 5.18. The highest BCUT2D eigenvalue weighted by Crippen LogP contribution is 2.31. The minimum atomic E-state index is -3.59. The number of hydrogen-bond donors (Lipinski definition) is 0. The number of benzene rings is 2. The lowest BCUT2D eigenvalue weighted by molar-refractivity contribution is 0.571. The fourth-order valence-electron chi connectivity index (χ4n) is 2.43. The van der Waals surface area contributed by atoms with E-state index in [1.54, 1.807) is 12.3 Å². The average Bonchev–Trinajstić information content (AvgIpc) is 2.54. The highest BCUT2D eigenvalue weighted by atomic mass is 32.2. The van der Waals surface area contributed by atoms with Gasteiger partial charge in [0, 0.05) is 23.6 Å². The van der Waals surface area contributed by atoms with Crippen LogP contribution in [0.4, 0.5) is 4.39 Å². The normalized spacial score (nSPS) is 11.4. The van der Waals surface area contributed by atoms with Gasteiger partial charge < -0.3 is 0 Å². The number of halogens is 1. The van der Waals surface area contributed by atoms with Gasteiger partial charge in [0.25, 0.3) is 0 Å². The molecule has 0 aliphatic heterocycles. The van der Waals surface area contributed by atoms with Crippen LogP contribution in [0.5, 0.6) is 0 Å². The molecular weight excluding hydrogens is 313 g/mol. The van der Waals surface area contributed by atoms with Crippen molar-refractivity contribution in [3.63, 3.8) is 0 Å². The topological polar surface area (TPSA) is 47.0 Å². The first kappa shape index (κ1) is 15.4. The molecular formula is C18H14FNO2S. The lowest BCUT2D eigenvalue weighted by Crippen LogP contribution is -2.01. The Morgan fingerprint density at radius 3 is 2.30 bits per heavy atom. The van der Waals surface area contributed by atoms with E-state index in [-0.39, 0.29) is 4.90 Å². The number of aromatic nitrogens is 1. The Morgan fingerprint density at radius 1 is 0.913 bits per heavy atom. The fourth-order valence-corrected chi connectivity index (χ4v) is 3.16. The summed E-state index contributed by atoms with van der Waals surface area (Å²) in [4.78, 5) is 4.04. The summed E-state index contributed by atoms with van der Waals surface area (Å²) in [6.45, 7) is 0. The van der Waals surface area contributed by atoms with E-state index in [9.17, 15) is 12.8 Å². The van der Waals surface area contributed by atoms with Crippen molar-refractivity contribution in [1.82, 2.24) is 4.98 Å². The van der Waals surface area contributed by atoms with Crippen LogP contribution in [0.3, 0.4) is 0 Å². The molecule has 0 radical (unpaired) electrons. The molecule has 0 fully saturated rings. The molecule has 3 nitrogen and oxygen atoms in total. The maximum Gasteiger partial charge on any atom is 0.178 e. The average molecular weight is 327 g/mol. The zero-order valence-corrected chi connectivity index (χ0v) is 13.2. The van der Waals surface area contributed by atoms with Crippen molar-refractivity contribution < 1.29 is 12.8 Å². The summed E-state index contributed by atoms with van der Waals surface area (Å²) in [5.74, 6) is -0.769. The van der Waals surface area contributed by atoms with Crippen LogP contribution in [-0.4, -0.2) is 19.7 Å². The maximum absolute atomic E-state index is 14.2. The molecule has 0 unspecified atom stereocenters. The van der Waals surface area contributed by atoms with E-state index in [1.807, 2.05) is 42.5 Å². The SMILES string of the molecule is CS(=O)(=O)c1ccc(-c2ncccc2-c2ccccc2)cc1F. The highest BCUT2D eigenvalue weighted by molar-refractivity contribution is 7.90. The highest BCUT2D eigenvalue weighted by Gasteiger charge is 2.16. The first-order valence-corrected chi connectivity index (χ1v) is 8.86. The van der Waals surface area contributed by atoms with Crippen LogP contribution in [0.15, 0.2) is 71.8 Å². The van der Waals surface area contributed by atoms with Gasteiger partial charge >= 0.3 is 0 Å². The smallest absolute Gasteiger partial charge is 0.178 e. The molecule has 0 atom stereocenters. The van der Waals surface area contributed by atoms with Crippen LogP contribution in [0.1, 0.15) is 0 Å². The van der Waals surface area contributed by atoms with Gasteiger partial charge in [-0.25, -0.2) is 12.8 Å². The van der Waals surface area contributed by atoms with Crippen molar-refractivity contribution in [2.75, 3.05) is 6.26 Å². The number of rotatable bonds is 3. The standard InChI is InChI=1S/C18H14FNO2S/c1-23(21,22)17-10-9-14(12-16(17)19)18-15(8-5-11-20-18)13-6-3-2-4-7-13/h2-12H,1H3. The molecule has 0 saturated carbocycles. The predicted octanol–water partition coefficient (Wildman–Crippen LogP) is 3.96. The van der Waals surface area contributed by atoms with Crippen LogP contribution in [0.2, 0.25) is 0 Å². The van der Waals surface area contributed by atoms with Crippen LogP contribution in [0, 0.1) is 5.82 Å². The monoisotopic (exact) mass is 327 g/mol. The quantitative estimate of drug-likeness (QED) is 0.731. The molecule has 5 heteroatoms. The Balaban J connectivity index is 2.16. The first-order valence-electron chi connectivity index (χ1n) is 6.97. The van der Waals surface area contributed by atoms with E-state index < -0.39 is 15.7 Å². The lowest BCUT2D eigenvalue weighted by Gasteiger charge is -2.10. The summed E-state index contributed by atoms with van der Waals surface area (Å²) >= 11 is 0. The zero-order chi connectivity index (χ0) is 16.4. The molecule has 3 aromatic rings. The molecule has 2 aromatic carbocycles. The van der Waals surface area contributed by atoms with E-state index in [0.29, 0.717) is 11.3 Å². The summed E-state index contributed by atoms with van der Waals surface area (Å²) < 4.78 is 37.2. The summed E-state index contributed by atoms with van der Waals surface area (Å²) in [7, 11) is -3.59. The second-order valence-corrected chi connectivity index (χ2v) is 7.17. The largest absolute Gasteiger partial charge is 0.256 e. The predicted molar refractivity (Wildman–Crippen MR) is 88.2 cm³/mol. The summed E-state index contributed by atoms with van der Waals surface area (Å²) in [5, 5.41) is 0. The van der Waals surface area contributed by atoms with Gasteiger partial charge in [-0.1, -0.05) is 42.5 Å².